The molecular formula is C38H22N2S. The lowest BCUT2D eigenvalue weighted by atomic mass is 9.99. The third-order valence-corrected chi connectivity index (χ3v) is 10.1. The molecule has 4 heterocycles. The Morgan fingerprint density at radius 2 is 1.17 bits per heavy atom. The van der Waals surface area contributed by atoms with Crippen LogP contribution in [0.3, 0.4) is 0 Å². The van der Waals surface area contributed by atoms with Crippen LogP contribution in [0.25, 0.3) is 85.6 Å². The Kier molecular flexibility index (Phi) is 4.10. The van der Waals surface area contributed by atoms with E-state index in [1.54, 1.807) is 0 Å². The zero-order valence-corrected chi connectivity index (χ0v) is 22.8. The SMILES string of the molecule is c1ccc(-n2c3ccccc3c3cc4c(cc32)c2c(ccc3c5ccccc5sc32)c2c3ccccc3cn42)cc1. The Balaban J connectivity index is 1.52. The molecule has 0 spiro atoms. The lowest BCUT2D eigenvalue weighted by molar-refractivity contribution is 1.18. The summed E-state index contributed by atoms with van der Waals surface area (Å²) < 4.78 is 7.57. The molecule has 0 fully saturated rings. The van der Waals surface area contributed by atoms with Crippen molar-refractivity contribution >= 4 is 91.3 Å². The molecule has 190 valence electrons. The average Bonchev–Trinajstić information content (AvgIpc) is 3.70. The summed E-state index contributed by atoms with van der Waals surface area (Å²) in [5, 5.41) is 11.7. The Hall–Kier alpha value is -5.12. The highest BCUT2D eigenvalue weighted by Crippen LogP contribution is 2.45. The molecule has 0 radical (unpaired) electrons. The molecule has 10 rings (SSSR count). The molecule has 2 nitrogen and oxygen atoms in total. The molecule has 3 heteroatoms. The molecule has 0 bridgehead atoms. The molecule has 0 unspecified atom stereocenters. The van der Waals surface area contributed by atoms with Crippen LogP contribution >= 0.6 is 11.3 Å². The van der Waals surface area contributed by atoms with Gasteiger partial charge in [0.15, 0.2) is 0 Å². The summed E-state index contributed by atoms with van der Waals surface area (Å²) in [6, 6.07) is 46.8. The largest absolute Gasteiger partial charge is 0.315 e. The van der Waals surface area contributed by atoms with E-state index >= 15 is 0 Å². The molecule has 10 aromatic rings. The summed E-state index contributed by atoms with van der Waals surface area (Å²) >= 11 is 1.92. The van der Waals surface area contributed by atoms with E-state index in [4.69, 9.17) is 0 Å². The van der Waals surface area contributed by atoms with Crippen LogP contribution in [-0.4, -0.2) is 8.97 Å². The van der Waals surface area contributed by atoms with E-state index < -0.39 is 0 Å². The molecule has 6 aromatic carbocycles. The van der Waals surface area contributed by atoms with Gasteiger partial charge in [0.1, 0.15) is 0 Å². The highest BCUT2D eigenvalue weighted by atomic mass is 32.1. The van der Waals surface area contributed by atoms with Gasteiger partial charge in [-0.3, -0.25) is 0 Å². The maximum atomic E-state index is 2.45. The van der Waals surface area contributed by atoms with Crippen LogP contribution in [0.15, 0.2) is 134 Å². The van der Waals surface area contributed by atoms with Crippen molar-refractivity contribution in [1.82, 2.24) is 8.97 Å². The molecule has 0 aliphatic heterocycles. The summed E-state index contributed by atoms with van der Waals surface area (Å²) in [4.78, 5) is 0. The second-order valence-corrected chi connectivity index (χ2v) is 12.0. The Labute approximate surface area is 238 Å². The van der Waals surface area contributed by atoms with E-state index in [1.807, 2.05) is 11.3 Å². The molecule has 0 saturated carbocycles. The Morgan fingerprint density at radius 3 is 2.07 bits per heavy atom. The first-order valence-corrected chi connectivity index (χ1v) is 14.8. The van der Waals surface area contributed by atoms with Crippen molar-refractivity contribution in [3.05, 3.63) is 134 Å². The molecule has 0 N–H and O–H groups in total. The molecule has 0 aliphatic carbocycles. The van der Waals surface area contributed by atoms with Crippen LogP contribution in [0.1, 0.15) is 0 Å². The van der Waals surface area contributed by atoms with Crippen LogP contribution < -0.4 is 0 Å². The minimum absolute atomic E-state index is 1.18. The van der Waals surface area contributed by atoms with Gasteiger partial charge < -0.3 is 8.97 Å². The summed E-state index contributed by atoms with van der Waals surface area (Å²) in [5.41, 5.74) is 6.18. The number of pyridine rings is 1. The normalized spacial score (nSPS) is 12.4. The van der Waals surface area contributed by atoms with Crippen LogP contribution in [0.4, 0.5) is 0 Å². The van der Waals surface area contributed by atoms with Gasteiger partial charge in [0.25, 0.3) is 0 Å². The van der Waals surface area contributed by atoms with E-state index in [2.05, 4.69) is 143 Å². The fourth-order valence-electron chi connectivity index (χ4n) is 7.14. The van der Waals surface area contributed by atoms with Gasteiger partial charge in [-0.15, -0.1) is 11.3 Å². The van der Waals surface area contributed by atoms with Crippen molar-refractivity contribution in [3.8, 4) is 5.69 Å². The minimum Gasteiger partial charge on any atom is -0.315 e. The fraction of sp³-hybridized carbons (Fsp3) is 0. The van der Waals surface area contributed by atoms with Crippen molar-refractivity contribution in [3.63, 3.8) is 0 Å². The standard InChI is InChI=1S/C38H22N2S/c1-2-11-24(12-3-1)40-32-16-8-6-14-26(32)30-20-33-31(21-34(30)40)36-29(37-25-13-5-4-10-23(25)22-39(33)37)19-18-28-27-15-7-9-17-35(27)41-38(28)36/h1-22H. The van der Waals surface area contributed by atoms with Crippen molar-refractivity contribution in [1.29, 1.82) is 0 Å². The van der Waals surface area contributed by atoms with Crippen molar-refractivity contribution in [2.75, 3.05) is 0 Å². The van der Waals surface area contributed by atoms with Gasteiger partial charge in [0.2, 0.25) is 0 Å². The van der Waals surface area contributed by atoms with Gasteiger partial charge in [-0.25, -0.2) is 0 Å². The number of hydrogen-bond acceptors (Lipinski definition) is 1. The van der Waals surface area contributed by atoms with Gasteiger partial charge in [-0.2, -0.15) is 0 Å². The molecule has 0 aliphatic rings. The van der Waals surface area contributed by atoms with E-state index in [0.717, 1.165) is 0 Å². The number of aromatic nitrogens is 2. The van der Waals surface area contributed by atoms with Gasteiger partial charge >= 0.3 is 0 Å². The number of thiophene rings is 1. The Bertz CT molecular complexity index is 2690. The number of hydrogen-bond donors (Lipinski definition) is 0. The van der Waals surface area contributed by atoms with Crippen LogP contribution in [0, 0.1) is 0 Å². The van der Waals surface area contributed by atoms with Crippen molar-refractivity contribution < 1.29 is 0 Å². The lowest BCUT2D eigenvalue weighted by Gasteiger charge is -2.13. The van der Waals surface area contributed by atoms with Gasteiger partial charge in [0, 0.05) is 69.8 Å². The fourth-order valence-corrected chi connectivity index (χ4v) is 8.40. The van der Waals surface area contributed by atoms with E-state index in [0.29, 0.717) is 0 Å². The third kappa shape index (κ3) is 2.76. The first-order chi connectivity index (χ1) is 20.3. The monoisotopic (exact) mass is 538 g/mol. The molecule has 0 atom stereocenters. The van der Waals surface area contributed by atoms with E-state index in [-0.39, 0.29) is 0 Å². The number of fused-ring (bicyclic) bond motifs is 15. The van der Waals surface area contributed by atoms with Crippen molar-refractivity contribution in [2.45, 2.75) is 0 Å². The second-order valence-electron chi connectivity index (χ2n) is 11.0. The second kappa shape index (κ2) is 7.75. The highest BCUT2D eigenvalue weighted by molar-refractivity contribution is 7.26. The maximum Gasteiger partial charge on any atom is 0.0614 e. The van der Waals surface area contributed by atoms with Gasteiger partial charge in [0.05, 0.1) is 22.1 Å². The maximum absolute atomic E-state index is 2.45. The quantitative estimate of drug-likeness (QED) is 0.184. The van der Waals surface area contributed by atoms with Crippen molar-refractivity contribution in [2.24, 2.45) is 0 Å². The first-order valence-electron chi connectivity index (χ1n) is 14.0. The summed E-state index contributed by atoms with van der Waals surface area (Å²) in [7, 11) is 0. The summed E-state index contributed by atoms with van der Waals surface area (Å²) in [5.74, 6) is 0. The van der Waals surface area contributed by atoms with Crippen LogP contribution in [0.2, 0.25) is 0 Å². The van der Waals surface area contributed by atoms with E-state index in [1.165, 1.54) is 85.6 Å². The first kappa shape index (κ1) is 21.7. The van der Waals surface area contributed by atoms with Crippen LogP contribution in [-0.2, 0) is 0 Å². The van der Waals surface area contributed by atoms with E-state index in [9.17, 15) is 0 Å². The molecule has 4 aromatic heterocycles. The topological polar surface area (TPSA) is 9.34 Å². The zero-order valence-electron chi connectivity index (χ0n) is 22.0. The molecule has 41 heavy (non-hydrogen) atoms. The smallest absolute Gasteiger partial charge is 0.0614 e. The zero-order chi connectivity index (χ0) is 26.7. The molecule has 0 saturated heterocycles. The minimum atomic E-state index is 1.18. The average molecular weight is 539 g/mol. The Morgan fingerprint density at radius 1 is 0.463 bits per heavy atom. The van der Waals surface area contributed by atoms with Gasteiger partial charge in [-0.05, 0) is 36.4 Å². The number of benzene rings is 6. The highest BCUT2D eigenvalue weighted by Gasteiger charge is 2.20. The number of rotatable bonds is 1. The molecule has 0 amide bonds. The van der Waals surface area contributed by atoms with Gasteiger partial charge in [-0.1, -0.05) is 91.0 Å². The lowest BCUT2D eigenvalue weighted by Crippen LogP contribution is -1.94. The predicted molar refractivity (Wildman–Crippen MR) is 177 cm³/mol. The predicted octanol–water partition coefficient (Wildman–Crippen LogP) is 10.9. The molecular weight excluding hydrogens is 516 g/mol. The number of nitrogens with zero attached hydrogens (tertiary/aromatic N) is 2. The summed E-state index contributed by atoms with van der Waals surface area (Å²) in [6.07, 6.45) is 2.32. The van der Waals surface area contributed by atoms with Crippen LogP contribution in [0.5, 0.6) is 0 Å². The summed E-state index contributed by atoms with van der Waals surface area (Å²) in [6.45, 7) is 0. The third-order valence-electron chi connectivity index (χ3n) is 8.86. The number of para-hydroxylation sites is 2.